The van der Waals surface area contributed by atoms with Gasteiger partial charge in [0, 0.05) is 17.8 Å². The van der Waals surface area contributed by atoms with E-state index in [-0.39, 0.29) is 17.9 Å². The first-order valence-corrected chi connectivity index (χ1v) is 8.30. The van der Waals surface area contributed by atoms with Crippen LogP contribution in [0, 0.1) is 5.92 Å². The van der Waals surface area contributed by atoms with Crippen LogP contribution in [0.25, 0.3) is 0 Å². The van der Waals surface area contributed by atoms with Crippen LogP contribution in [-0.4, -0.2) is 57.0 Å². The Morgan fingerprint density at radius 3 is 2.17 bits per heavy atom. The zero-order chi connectivity index (χ0) is 18.3. The number of esters is 2. The zero-order valence-corrected chi connectivity index (χ0v) is 16.1. The lowest BCUT2D eigenvalue weighted by molar-refractivity contribution is -0.158. The summed E-state index contributed by atoms with van der Waals surface area (Å²) in [5.41, 5.74) is -0.496. The van der Waals surface area contributed by atoms with Gasteiger partial charge in [-0.15, -0.1) is 0 Å². The maximum atomic E-state index is 12.3. The molecule has 0 saturated carbocycles. The molecule has 0 N–H and O–H groups in total. The van der Waals surface area contributed by atoms with Gasteiger partial charge in [-0.1, -0.05) is 27.1 Å². The van der Waals surface area contributed by atoms with Crippen molar-refractivity contribution in [2.24, 2.45) is 5.92 Å². The molecule has 5 nitrogen and oxygen atoms in total. The summed E-state index contributed by atoms with van der Waals surface area (Å²) in [6, 6.07) is 0. The molecule has 6 heteroatoms. The summed E-state index contributed by atoms with van der Waals surface area (Å²) >= 11 is 0. The van der Waals surface area contributed by atoms with Crippen molar-refractivity contribution in [3.05, 3.63) is 0 Å². The molecule has 0 aromatic rings. The first kappa shape index (κ1) is 22.0. The smallest absolute Gasteiger partial charge is 0.308 e. The lowest BCUT2D eigenvalue weighted by Crippen LogP contribution is -2.33. The number of ether oxygens (including phenoxy) is 2. The van der Waals surface area contributed by atoms with Crippen molar-refractivity contribution in [1.29, 1.82) is 0 Å². The van der Waals surface area contributed by atoms with Crippen LogP contribution < -0.4 is 0 Å². The van der Waals surface area contributed by atoms with Gasteiger partial charge >= 0.3 is 11.9 Å². The average molecular weight is 326 g/mol. The van der Waals surface area contributed by atoms with Crippen LogP contribution in [0.5, 0.6) is 0 Å². The number of carbonyl (C=O) groups is 2. The highest BCUT2D eigenvalue weighted by Gasteiger charge is 2.35. The molecular formula is C17H33BNO4. The number of hydrogen-bond donors (Lipinski definition) is 0. The number of likely N-dealkylation sites (N-methyl/N-ethyl adjacent to an activating group) is 1. The topological polar surface area (TPSA) is 55.8 Å². The monoisotopic (exact) mass is 326 g/mol. The largest absolute Gasteiger partial charge is 0.464 e. The summed E-state index contributed by atoms with van der Waals surface area (Å²) in [5, 5.41) is -0.678. The van der Waals surface area contributed by atoms with Gasteiger partial charge in [0.2, 0.25) is 0 Å². The SMILES string of the molecule is CCC(C)([B]CC(C)C(=O)OC(C)(C)C)C(=O)OCCN(C)C. The van der Waals surface area contributed by atoms with Crippen molar-refractivity contribution in [3.8, 4) is 0 Å². The lowest BCUT2D eigenvalue weighted by Gasteiger charge is -2.27. The Labute approximate surface area is 142 Å². The Morgan fingerprint density at radius 2 is 1.74 bits per heavy atom. The Balaban J connectivity index is 4.50. The molecule has 2 unspecified atom stereocenters. The Morgan fingerprint density at radius 1 is 1.17 bits per heavy atom. The van der Waals surface area contributed by atoms with Crippen LogP contribution in [0.2, 0.25) is 11.6 Å². The molecule has 0 aromatic heterocycles. The molecule has 0 amide bonds. The van der Waals surface area contributed by atoms with Crippen molar-refractivity contribution in [2.45, 2.75) is 65.2 Å². The summed E-state index contributed by atoms with van der Waals surface area (Å²) in [5.74, 6) is -0.763. The van der Waals surface area contributed by atoms with Crippen LogP contribution in [0.1, 0.15) is 48.0 Å². The van der Waals surface area contributed by atoms with Gasteiger partial charge in [-0.3, -0.25) is 9.59 Å². The van der Waals surface area contributed by atoms with Gasteiger partial charge in [-0.05, 0) is 41.3 Å². The number of rotatable bonds is 9. The molecule has 0 aromatic carbocycles. The summed E-state index contributed by atoms with van der Waals surface area (Å²) in [7, 11) is 5.75. The van der Waals surface area contributed by atoms with Crippen LogP contribution in [-0.2, 0) is 19.1 Å². The molecule has 0 rings (SSSR count). The minimum Gasteiger partial charge on any atom is -0.464 e. The van der Waals surface area contributed by atoms with E-state index in [0.29, 0.717) is 25.9 Å². The maximum absolute atomic E-state index is 12.3. The molecule has 0 fully saturated rings. The van der Waals surface area contributed by atoms with Gasteiger partial charge in [0.1, 0.15) is 19.5 Å². The minimum atomic E-state index is -0.678. The van der Waals surface area contributed by atoms with E-state index in [1.807, 2.05) is 67.8 Å². The highest BCUT2D eigenvalue weighted by atomic mass is 16.6. The van der Waals surface area contributed by atoms with Crippen molar-refractivity contribution in [3.63, 3.8) is 0 Å². The first-order chi connectivity index (χ1) is 10.4. The maximum Gasteiger partial charge on any atom is 0.308 e. The van der Waals surface area contributed by atoms with Crippen molar-refractivity contribution >= 4 is 19.2 Å². The summed E-state index contributed by atoms with van der Waals surface area (Å²) in [4.78, 5) is 26.3. The predicted molar refractivity (Wildman–Crippen MR) is 93.7 cm³/mol. The van der Waals surface area contributed by atoms with Gasteiger partial charge < -0.3 is 14.4 Å². The first-order valence-electron chi connectivity index (χ1n) is 8.30. The Bertz CT molecular complexity index is 393. The molecule has 1 radical (unpaired) electrons. The second-order valence-corrected chi connectivity index (χ2v) is 7.58. The third-order valence-electron chi connectivity index (χ3n) is 3.70. The van der Waals surface area contributed by atoms with Gasteiger partial charge in [0.25, 0.3) is 0 Å². The van der Waals surface area contributed by atoms with E-state index >= 15 is 0 Å². The molecule has 23 heavy (non-hydrogen) atoms. The highest BCUT2D eigenvalue weighted by molar-refractivity contribution is 6.46. The van der Waals surface area contributed by atoms with E-state index in [1.54, 1.807) is 0 Å². The molecule has 0 aliphatic carbocycles. The lowest BCUT2D eigenvalue weighted by atomic mass is 9.48. The predicted octanol–water partition coefficient (Wildman–Crippen LogP) is 2.78. The molecular weight excluding hydrogens is 293 g/mol. The summed E-state index contributed by atoms with van der Waals surface area (Å²) in [6.45, 7) is 12.2. The Kier molecular flexibility index (Phi) is 8.89. The van der Waals surface area contributed by atoms with Crippen LogP contribution in [0.15, 0.2) is 0 Å². The van der Waals surface area contributed by atoms with Crippen LogP contribution in [0.3, 0.4) is 0 Å². The second-order valence-electron chi connectivity index (χ2n) is 7.58. The van der Waals surface area contributed by atoms with Crippen molar-refractivity contribution in [2.75, 3.05) is 27.2 Å². The second kappa shape index (κ2) is 9.31. The number of nitrogens with zero attached hydrogens (tertiary/aromatic N) is 1. The van der Waals surface area contributed by atoms with E-state index < -0.39 is 10.9 Å². The molecule has 2 atom stereocenters. The van der Waals surface area contributed by atoms with E-state index in [9.17, 15) is 9.59 Å². The summed E-state index contributed by atoms with van der Waals surface area (Å²) < 4.78 is 10.7. The van der Waals surface area contributed by atoms with Crippen LogP contribution in [0.4, 0.5) is 0 Å². The van der Waals surface area contributed by atoms with Crippen molar-refractivity contribution < 1.29 is 19.1 Å². The normalized spacial score (nSPS) is 15.7. The zero-order valence-electron chi connectivity index (χ0n) is 16.1. The highest BCUT2D eigenvalue weighted by Crippen LogP contribution is 2.32. The molecule has 133 valence electrons. The molecule has 0 spiro atoms. The van der Waals surface area contributed by atoms with Crippen LogP contribution >= 0.6 is 0 Å². The Hall–Kier alpha value is -1.04. The average Bonchev–Trinajstić information content (AvgIpc) is 2.41. The third kappa shape index (κ3) is 8.99. The van der Waals surface area contributed by atoms with E-state index in [4.69, 9.17) is 9.47 Å². The quantitative estimate of drug-likeness (QED) is 0.482. The fourth-order valence-electron chi connectivity index (χ4n) is 1.79. The van der Waals surface area contributed by atoms with Gasteiger partial charge in [0.15, 0.2) is 0 Å². The summed E-state index contributed by atoms with van der Waals surface area (Å²) in [6.07, 6.45) is 1.12. The number of carbonyl (C=O) groups excluding carboxylic acids is 2. The third-order valence-corrected chi connectivity index (χ3v) is 3.70. The van der Waals surface area contributed by atoms with E-state index in [1.165, 1.54) is 0 Å². The molecule has 0 aliphatic heterocycles. The number of hydrogen-bond acceptors (Lipinski definition) is 5. The van der Waals surface area contributed by atoms with Gasteiger partial charge in [-0.2, -0.15) is 0 Å². The fraction of sp³-hybridized carbons (Fsp3) is 0.882. The minimum absolute atomic E-state index is 0.238. The standard InChI is InChI=1S/C17H33BNO4/c1-9-17(6,15(21)22-11-10-19(7)8)18-12-13(2)14(20)23-16(3,4)5/h13H,9-12H2,1-8H3. The van der Waals surface area contributed by atoms with E-state index in [2.05, 4.69) is 0 Å². The molecule has 0 bridgehead atoms. The molecule has 0 heterocycles. The van der Waals surface area contributed by atoms with Gasteiger partial charge in [-0.25, -0.2) is 0 Å². The van der Waals surface area contributed by atoms with Gasteiger partial charge in [0.05, 0.1) is 0 Å². The fourth-order valence-corrected chi connectivity index (χ4v) is 1.79. The van der Waals surface area contributed by atoms with Crippen molar-refractivity contribution in [1.82, 2.24) is 4.90 Å². The van der Waals surface area contributed by atoms with E-state index in [0.717, 1.165) is 0 Å². The molecule has 0 aliphatic rings. The molecule has 0 saturated heterocycles.